The van der Waals surface area contributed by atoms with E-state index >= 15 is 0 Å². The summed E-state index contributed by atoms with van der Waals surface area (Å²) < 4.78 is 24.5. The summed E-state index contributed by atoms with van der Waals surface area (Å²) in [5.74, 6) is -0.258. The second-order valence-electron chi connectivity index (χ2n) is 5.38. The highest BCUT2D eigenvalue weighted by molar-refractivity contribution is 7.92. The standard InChI is InChI=1S/C14H20N2O4S/c1-21(19,20)16-11-8-6-10(7-9-11)14(18)15-12-4-2-3-5-13(12)17/h6-9,12-13,16-17H,2-5H2,1H3,(H,15,18). The molecule has 3 N–H and O–H groups in total. The van der Waals surface area contributed by atoms with Gasteiger partial charge >= 0.3 is 0 Å². The van der Waals surface area contributed by atoms with Crippen molar-refractivity contribution in [2.75, 3.05) is 11.0 Å². The molecule has 1 saturated carbocycles. The number of aliphatic hydroxyl groups excluding tert-OH is 1. The molecule has 0 spiro atoms. The number of hydrogen-bond acceptors (Lipinski definition) is 4. The largest absolute Gasteiger partial charge is 0.391 e. The van der Waals surface area contributed by atoms with Gasteiger partial charge in [-0.3, -0.25) is 9.52 Å². The van der Waals surface area contributed by atoms with E-state index in [0.717, 1.165) is 25.5 Å². The van der Waals surface area contributed by atoms with Crippen LogP contribution in [0, 0.1) is 0 Å². The van der Waals surface area contributed by atoms with E-state index in [0.29, 0.717) is 17.7 Å². The molecule has 21 heavy (non-hydrogen) atoms. The topological polar surface area (TPSA) is 95.5 Å². The zero-order chi connectivity index (χ0) is 15.5. The molecule has 2 rings (SSSR count). The fourth-order valence-corrected chi connectivity index (χ4v) is 3.00. The molecule has 0 heterocycles. The van der Waals surface area contributed by atoms with Gasteiger partial charge in [0, 0.05) is 11.3 Å². The summed E-state index contributed by atoms with van der Waals surface area (Å²) >= 11 is 0. The van der Waals surface area contributed by atoms with Crippen molar-refractivity contribution in [3.05, 3.63) is 29.8 Å². The van der Waals surface area contributed by atoms with Crippen molar-refractivity contribution in [1.29, 1.82) is 0 Å². The van der Waals surface area contributed by atoms with Gasteiger partial charge < -0.3 is 10.4 Å². The van der Waals surface area contributed by atoms with Gasteiger partial charge in [0.1, 0.15) is 0 Å². The maximum absolute atomic E-state index is 12.1. The van der Waals surface area contributed by atoms with Gasteiger partial charge in [-0.05, 0) is 37.1 Å². The average molecular weight is 312 g/mol. The Hall–Kier alpha value is -1.60. The molecule has 2 atom stereocenters. The Bertz CT molecular complexity index is 598. The lowest BCUT2D eigenvalue weighted by Crippen LogP contribution is -2.45. The Morgan fingerprint density at radius 2 is 1.81 bits per heavy atom. The quantitative estimate of drug-likeness (QED) is 0.775. The lowest BCUT2D eigenvalue weighted by atomic mass is 9.92. The molecular formula is C14H20N2O4S. The summed E-state index contributed by atoms with van der Waals surface area (Å²) in [7, 11) is -3.32. The van der Waals surface area contributed by atoms with E-state index < -0.39 is 16.1 Å². The van der Waals surface area contributed by atoms with Gasteiger partial charge in [0.05, 0.1) is 18.4 Å². The van der Waals surface area contributed by atoms with Crippen molar-refractivity contribution >= 4 is 21.6 Å². The first kappa shape index (κ1) is 15.8. The van der Waals surface area contributed by atoms with E-state index in [1.807, 2.05) is 0 Å². The van der Waals surface area contributed by atoms with Crippen molar-refractivity contribution in [1.82, 2.24) is 5.32 Å². The molecule has 1 aromatic carbocycles. The number of aliphatic hydroxyl groups is 1. The Balaban J connectivity index is 1.99. The molecule has 6 nitrogen and oxygen atoms in total. The van der Waals surface area contributed by atoms with Crippen molar-refractivity contribution in [3.63, 3.8) is 0 Å². The molecule has 0 aromatic heterocycles. The number of anilines is 1. The van der Waals surface area contributed by atoms with E-state index in [1.54, 1.807) is 12.1 Å². The van der Waals surface area contributed by atoms with Crippen LogP contribution < -0.4 is 10.0 Å². The Kier molecular flexibility index (Phi) is 4.84. The Morgan fingerprint density at radius 1 is 1.19 bits per heavy atom. The molecule has 1 amide bonds. The molecule has 0 radical (unpaired) electrons. The van der Waals surface area contributed by atoms with Gasteiger partial charge in [0.25, 0.3) is 5.91 Å². The summed E-state index contributed by atoms with van der Waals surface area (Å²) in [5, 5.41) is 12.7. The minimum Gasteiger partial charge on any atom is -0.391 e. The SMILES string of the molecule is CS(=O)(=O)Nc1ccc(C(=O)NC2CCCCC2O)cc1. The molecule has 0 aliphatic heterocycles. The van der Waals surface area contributed by atoms with Crippen LogP contribution in [0.2, 0.25) is 0 Å². The second-order valence-corrected chi connectivity index (χ2v) is 7.13. The molecule has 116 valence electrons. The third kappa shape index (κ3) is 4.71. The number of benzene rings is 1. The van der Waals surface area contributed by atoms with E-state index in [4.69, 9.17) is 0 Å². The van der Waals surface area contributed by atoms with Crippen molar-refractivity contribution in [2.45, 2.75) is 37.8 Å². The molecule has 7 heteroatoms. The van der Waals surface area contributed by atoms with E-state index in [-0.39, 0.29) is 11.9 Å². The summed E-state index contributed by atoms with van der Waals surface area (Å²) in [6, 6.07) is 5.97. The van der Waals surface area contributed by atoms with Crippen LogP contribution in [0.1, 0.15) is 36.0 Å². The second kappa shape index (κ2) is 6.44. The van der Waals surface area contributed by atoms with Gasteiger partial charge in [-0.1, -0.05) is 12.8 Å². The number of amides is 1. The van der Waals surface area contributed by atoms with Crippen LogP contribution in [0.15, 0.2) is 24.3 Å². The van der Waals surface area contributed by atoms with E-state index in [9.17, 15) is 18.3 Å². The molecule has 1 fully saturated rings. The Labute approximate surface area is 124 Å². The van der Waals surface area contributed by atoms with Crippen LogP contribution in [-0.2, 0) is 10.0 Å². The van der Waals surface area contributed by atoms with Gasteiger partial charge in [-0.2, -0.15) is 0 Å². The maximum atomic E-state index is 12.1. The van der Waals surface area contributed by atoms with Crippen molar-refractivity contribution < 1.29 is 18.3 Å². The number of hydrogen-bond donors (Lipinski definition) is 3. The van der Waals surface area contributed by atoms with Crippen molar-refractivity contribution in [3.8, 4) is 0 Å². The first-order valence-electron chi connectivity index (χ1n) is 6.92. The number of sulfonamides is 1. The number of nitrogens with one attached hydrogen (secondary N) is 2. The number of carbonyl (C=O) groups is 1. The predicted molar refractivity (Wildman–Crippen MR) is 80.6 cm³/mol. The third-order valence-electron chi connectivity index (χ3n) is 3.50. The van der Waals surface area contributed by atoms with Crippen LogP contribution in [0.4, 0.5) is 5.69 Å². The van der Waals surface area contributed by atoms with E-state index in [1.165, 1.54) is 12.1 Å². The van der Waals surface area contributed by atoms with Crippen LogP contribution in [0.3, 0.4) is 0 Å². The number of rotatable bonds is 4. The minimum absolute atomic E-state index is 0.208. The van der Waals surface area contributed by atoms with E-state index in [2.05, 4.69) is 10.0 Å². The van der Waals surface area contributed by atoms with Crippen LogP contribution >= 0.6 is 0 Å². The van der Waals surface area contributed by atoms with Gasteiger partial charge in [0.2, 0.25) is 10.0 Å². The van der Waals surface area contributed by atoms with Crippen molar-refractivity contribution in [2.24, 2.45) is 0 Å². The summed E-state index contributed by atoms with van der Waals surface area (Å²) in [6.45, 7) is 0. The first-order chi connectivity index (χ1) is 9.85. The van der Waals surface area contributed by atoms with Gasteiger partial charge in [0.15, 0.2) is 0 Å². The highest BCUT2D eigenvalue weighted by atomic mass is 32.2. The van der Waals surface area contributed by atoms with Gasteiger partial charge in [-0.15, -0.1) is 0 Å². The fourth-order valence-electron chi connectivity index (χ4n) is 2.44. The highest BCUT2D eigenvalue weighted by Crippen LogP contribution is 2.19. The van der Waals surface area contributed by atoms with Crippen LogP contribution in [-0.4, -0.2) is 37.8 Å². The fraction of sp³-hybridized carbons (Fsp3) is 0.500. The van der Waals surface area contributed by atoms with Crippen LogP contribution in [0.5, 0.6) is 0 Å². The third-order valence-corrected chi connectivity index (χ3v) is 4.10. The smallest absolute Gasteiger partial charge is 0.251 e. The molecule has 1 aromatic rings. The zero-order valence-corrected chi connectivity index (χ0v) is 12.7. The summed E-state index contributed by atoms with van der Waals surface area (Å²) in [4.78, 5) is 12.1. The summed E-state index contributed by atoms with van der Waals surface area (Å²) in [6.07, 6.45) is 4.05. The highest BCUT2D eigenvalue weighted by Gasteiger charge is 2.24. The predicted octanol–water partition coefficient (Wildman–Crippen LogP) is 1.09. The minimum atomic E-state index is -3.32. The number of carbonyl (C=O) groups excluding carboxylic acids is 1. The van der Waals surface area contributed by atoms with Gasteiger partial charge in [-0.25, -0.2) is 8.42 Å². The lowest BCUT2D eigenvalue weighted by molar-refractivity contribution is 0.0717. The molecule has 1 aliphatic carbocycles. The molecule has 2 unspecified atom stereocenters. The summed E-state index contributed by atoms with van der Waals surface area (Å²) in [5.41, 5.74) is 0.846. The maximum Gasteiger partial charge on any atom is 0.251 e. The lowest BCUT2D eigenvalue weighted by Gasteiger charge is -2.28. The molecule has 0 saturated heterocycles. The zero-order valence-electron chi connectivity index (χ0n) is 11.9. The first-order valence-corrected chi connectivity index (χ1v) is 8.81. The van der Waals surface area contributed by atoms with Crippen LogP contribution in [0.25, 0.3) is 0 Å². The Morgan fingerprint density at radius 3 is 2.38 bits per heavy atom. The molecule has 1 aliphatic rings. The molecular weight excluding hydrogens is 292 g/mol. The normalized spacial score (nSPS) is 22.6. The average Bonchev–Trinajstić information content (AvgIpc) is 2.40. The molecule has 0 bridgehead atoms. The monoisotopic (exact) mass is 312 g/mol.